The van der Waals surface area contributed by atoms with E-state index >= 15 is 0 Å². The number of amides is 2. The van der Waals surface area contributed by atoms with E-state index in [1.54, 1.807) is 12.0 Å². The maximum Gasteiger partial charge on any atom is 0.405 e. The van der Waals surface area contributed by atoms with Crippen LogP contribution >= 0.6 is 12.4 Å². The van der Waals surface area contributed by atoms with E-state index in [1.807, 2.05) is 18.2 Å². The van der Waals surface area contributed by atoms with Gasteiger partial charge < -0.3 is 25.4 Å². The number of carbonyl (C=O) groups is 2. The van der Waals surface area contributed by atoms with Gasteiger partial charge in [-0.1, -0.05) is 18.2 Å². The largest absolute Gasteiger partial charge is 0.496 e. The Balaban J connectivity index is 0.00000300. The molecule has 0 aromatic heterocycles. The molecule has 2 saturated heterocycles. The highest BCUT2D eigenvalue weighted by molar-refractivity contribution is 5.85. The number of nitrogens with zero attached hydrogens (tertiary/aromatic N) is 2. The quantitative estimate of drug-likeness (QED) is 0.710. The van der Waals surface area contributed by atoms with Gasteiger partial charge in [0.15, 0.2) is 6.10 Å². The predicted octanol–water partition coefficient (Wildman–Crippen LogP) is 1.22. The molecule has 1 unspecified atom stereocenters. The number of piperidine rings is 1. The molecule has 8 nitrogen and oxygen atoms in total. The molecule has 0 saturated carbocycles. The normalized spacial score (nSPS) is 19.1. The van der Waals surface area contributed by atoms with E-state index in [9.17, 15) is 9.59 Å². The molecule has 0 spiro atoms. The molecule has 2 amide bonds. The number of para-hydroxylation sites is 1. The van der Waals surface area contributed by atoms with Crippen LogP contribution in [-0.2, 0) is 16.1 Å². The third-order valence-electron chi connectivity index (χ3n) is 5.57. The number of benzene rings is 1. The van der Waals surface area contributed by atoms with Crippen molar-refractivity contribution in [2.75, 3.05) is 46.4 Å². The summed E-state index contributed by atoms with van der Waals surface area (Å²) in [4.78, 5) is 28.5. The number of nitrogens with two attached hydrogens (primary N) is 1. The van der Waals surface area contributed by atoms with Crippen molar-refractivity contribution < 1.29 is 19.1 Å². The van der Waals surface area contributed by atoms with Crippen molar-refractivity contribution in [2.24, 2.45) is 11.7 Å². The van der Waals surface area contributed by atoms with Gasteiger partial charge in [-0.05, 0) is 32.0 Å². The van der Waals surface area contributed by atoms with Crippen molar-refractivity contribution in [1.29, 1.82) is 0 Å². The van der Waals surface area contributed by atoms with E-state index in [1.165, 1.54) is 0 Å². The Bertz CT molecular complexity index is 676. The summed E-state index contributed by atoms with van der Waals surface area (Å²) >= 11 is 0. The molecule has 2 heterocycles. The molecule has 3 rings (SSSR count). The second-order valence-electron chi connectivity index (χ2n) is 7.36. The summed E-state index contributed by atoms with van der Waals surface area (Å²) in [6, 6.07) is 7.98. The topological polar surface area (TPSA) is 97.1 Å². The summed E-state index contributed by atoms with van der Waals surface area (Å²) in [5.74, 6) is 0.775. The molecule has 0 bridgehead atoms. The number of methoxy groups -OCH3 is 1. The third kappa shape index (κ3) is 6.22. The Morgan fingerprint density at radius 1 is 1.17 bits per heavy atom. The number of nitrogens with one attached hydrogen (secondary N) is 1. The van der Waals surface area contributed by atoms with Crippen LogP contribution in [0, 0.1) is 5.92 Å². The van der Waals surface area contributed by atoms with Gasteiger partial charge >= 0.3 is 6.09 Å². The highest BCUT2D eigenvalue weighted by atomic mass is 35.5. The van der Waals surface area contributed by atoms with Gasteiger partial charge in [0.25, 0.3) is 5.91 Å². The fourth-order valence-corrected chi connectivity index (χ4v) is 4.00. The van der Waals surface area contributed by atoms with E-state index in [0.717, 1.165) is 56.9 Å². The van der Waals surface area contributed by atoms with Crippen LogP contribution in [0.15, 0.2) is 24.3 Å². The van der Waals surface area contributed by atoms with Gasteiger partial charge in [-0.25, -0.2) is 4.79 Å². The average Bonchev–Trinajstić information content (AvgIpc) is 2.73. The molecule has 0 radical (unpaired) electrons. The van der Waals surface area contributed by atoms with Crippen LogP contribution in [0.4, 0.5) is 4.79 Å². The van der Waals surface area contributed by atoms with Crippen LogP contribution < -0.4 is 15.8 Å². The number of piperazine rings is 1. The van der Waals surface area contributed by atoms with Crippen LogP contribution in [0.2, 0.25) is 0 Å². The second-order valence-corrected chi connectivity index (χ2v) is 7.36. The number of halogens is 1. The zero-order valence-corrected chi connectivity index (χ0v) is 17.7. The van der Waals surface area contributed by atoms with E-state index < -0.39 is 12.2 Å². The zero-order valence-electron chi connectivity index (χ0n) is 16.8. The fraction of sp³-hybridized carbons (Fsp3) is 0.600. The maximum absolute atomic E-state index is 13.0. The van der Waals surface area contributed by atoms with E-state index in [0.29, 0.717) is 13.1 Å². The van der Waals surface area contributed by atoms with Gasteiger partial charge in [-0.15, -0.1) is 12.4 Å². The number of ether oxygens (including phenoxy) is 2. The zero-order chi connectivity index (χ0) is 19.9. The minimum Gasteiger partial charge on any atom is -0.496 e. The van der Waals surface area contributed by atoms with Crippen molar-refractivity contribution in [1.82, 2.24) is 15.1 Å². The summed E-state index contributed by atoms with van der Waals surface area (Å²) < 4.78 is 10.7. The van der Waals surface area contributed by atoms with Gasteiger partial charge in [0.1, 0.15) is 5.75 Å². The Morgan fingerprint density at radius 2 is 1.83 bits per heavy atom. The Morgan fingerprint density at radius 3 is 2.45 bits per heavy atom. The van der Waals surface area contributed by atoms with Crippen LogP contribution in [0.25, 0.3) is 0 Å². The average molecular weight is 427 g/mol. The van der Waals surface area contributed by atoms with Crippen molar-refractivity contribution in [2.45, 2.75) is 25.5 Å². The predicted molar refractivity (Wildman–Crippen MR) is 112 cm³/mol. The van der Waals surface area contributed by atoms with Gasteiger partial charge in [0, 0.05) is 44.2 Å². The van der Waals surface area contributed by atoms with Crippen LogP contribution in [0.3, 0.4) is 0 Å². The lowest BCUT2D eigenvalue weighted by Gasteiger charge is -2.38. The summed E-state index contributed by atoms with van der Waals surface area (Å²) in [5, 5.41) is 3.27. The first kappa shape index (κ1) is 23.3. The first-order valence-corrected chi connectivity index (χ1v) is 9.88. The molecule has 2 aliphatic heterocycles. The molecule has 1 aromatic rings. The highest BCUT2D eigenvalue weighted by Gasteiger charge is 2.36. The Kier molecular flexibility index (Phi) is 9.00. The molecule has 3 N–H and O–H groups in total. The third-order valence-corrected chi connectivity index (χ3v) is 5.57. The molecule has 1 atom stereocenters. The minimum absolute atomic E-state index is 0. The number of hydrogen-bond acceptors (Lipinski definition) is 6. The van der Waals surface area contributed by atoms with E-state index in [2.05, 4.69) is 16.3 Å². The van der Waals surface area contributed by atoms with Crippen molar-refractivity contribution >= 4 is 24.4 Å². The highest BCUT2D eigenvalue weighted by Crippen LogP contribution is 2.23. The summed E-state index contributed by atoms with van der Waals surface area (Å²) in [5.41, 5.74) is 6.37. The lowest BCUT2D eigenvalue weighted by molar-refractivity contribution is -0.145. The number of primary amides is 1. The standard InChI is InChI=1S/C20H30N4O4.ClH/c1-27-17-5-3-2-4-16(17)14-23-10-12-24(13-11-23)19(25)18(28-20(21)26)15-6-8-22-9-7-15;/h2-5,15,18,22H,6-14H2,1H3,(H2,21,26);1H. The lowest BCUT2D eigenvalue weighted by atomic mass is 9.91. The van der Waals surface area contributed by atoms with Gasteiger partial charge in [0.2, 0.25) is 0 Å². The monoisotopic (exact) mass is 426 g/mol. The summed E-state index contributed by atoms with van der Waals surface area (Å²) in [6.45, 7) is 5.17. The van der Waals surface area contributed by atoms with Crippen LogP contribution in [-0.4, -0.2) is 74.3 Å². The molecule has 29 heavy (non-hydrogen) atoms. The number of rotatable bonds is 6. The number of carbonyl (C=O) groups excluding carboxylic acids is 2. The van der Waals surface area contributed by atoms with E-state index in [-0.39, 0.29) is 24.2 Å². The molecule has 2 fully saturated rings. The van der Waals surface area contributed by atoms with Gasteiger partial charge in [-0.3, -0.25) is 9.69 Å². The van der Waals surface area contributed by atoms with Crippen molar-refractivity contribution in [3.8, 4) is 5.75 Å². The smallest absolute Gasteiger partial charge is 0.405 e. The molecular formula is C20H31ClN4O4. The van der Waals surface area contributed by atoms with Gasteiger partial charge in [0.05, 0.1) is 7.11 Å². The summed E-state index contributed by atoms with van der Waals surface area (Å²) in [6.07, 6.45) is -0.0541. The van der Waals surface area contributed by atoms with Crippen molar-refractivity contribution in [3.63, 3.8) is 0 Å². The molecule has 0 aliphatic carbocycles. The maximum atomic E-state index is 13.0. The Hall–Kier alpha value is -2.03. The Labute approximate surface area is 178 Å². The molecule has 162 valence electrons. The van der Waals surface area contributed by atoms with Crippen LogP contribution in [0.5, 0.6) is 5.75 Å². The SMILES string of the molecule is COc1ccccc1CN1CCN(C(=O)C(OC(N)=O)C2CCNCC2)CC1.Cl. The fourth-order valence-electron chi connectivity index (χ4n) is 4.00. The minimum atomic E-state index is -0.883. The molecule has 2 aliphatic rings. The van der Waals surface area contributed by atoms with Crippen molar-refractivity contribution in [3.05, 3.63) is 29.8 Å². The lowest BCUT2D eigenvalue weighted by Crippen LogP contribution is -2.54. The van der Waals surface area contributed by atoms with E-state index in [4.69, 9.17) is 15.2 Å². The number of hydrogen-bond donors (Lipinski definition) is 2. The molecule has 9 heteroatoms. The second kappa shape index (κ2) is 11.2. The molecule has 1 aromatic carbocycles. The van der Waals surface area contributed by atoms with Crippen LogP contribution in [0.1, 0.15) is 18.4 Å². The first-order chi connectivity index (χ1) is 13.6. The summed E-state index contributed by atoms with van der Waals surface area (Å²) in [7, 11) is 1.68. The van der Waals surface area contributed by atoms with Gasteiger partial charge in [-0.2, -0.15) is 0 Å². The first-order valence-electron chi connectivity index (χ1n) is 9.88. The molecular weight excluding hydrogens is 396 g/mol.